The highest BCUT2D eigenvalue weighted by atomic mass is 79.9. The van der Waals surface area contributed by atoms with Gasteiger partial charge in [-0.1, -0.05) is 34.1 Å². The molecule has 0 bridgehead atoms. The van der Waals surface area contributed by atoms with Crippen molar-refractivity contribution in [3.8, 4) is 11.5 Å². The first-order valence-corrected chi connectivity index (χ1v) is 11.2. The van der Waals surface area contributed by atoms with Gasteiger partial charge in [-0.3, -0.25) is 9.59 Å². The van der Waals surface area contributed by atoms with Crippen molar-refractivity contribution >= 4 is 32.8 Å². The summed E-state index contributed by atoms with van der Waals surface area (Å²) in [7, 11) is 3.05. The molecule has 0 aliphatic carbocycles. The third-order valence-corrected chi connectivity index (χ3v) is 6.41. The minimum Gasteiger partial charge on any atom is -0.493 e. The van der Waals surface area contributed by atoms with Crippen molar-refractivity contribution < 1.29 is 23.1 Å². The van der Waals surface area contributed by atoms with E-state index in [-0.39, 0.29) is 29.1 Å². The molecule has 0 spiro atoms. The van der Waals surface area contributed by atoms with E-state index >= 15 is 0 Å². The lowest BCUT2D eigenvalue weighted by molar-refractivity contribution is 0.0714. The van der Waals surface area contributed by atoms with Crippen LogP contribution in [-0.2, 0) is 6.54 Å². The Balaban J connectivity index is 1.73. The Morgan fingerprint density at radius 2 is 1.71 bits per heavy atom. The van der Waals surface area contributed by atoms with E-state index in [4.69, 9.17) is 13.9 Å². The van der Waals surface area contributed by atoms with Crippen molar-refractivity contribution in [1.29, 1.82) is 0 Å². The number of hydrogen-bond acceptors (Lipinski definition) is 5. The van der Waals surface area contributed by atoms with Crippen LogP contribution in [0.5, 0.6) is 11.5 Å². The van der Waals surface area contributed by atoms with Gasteiger partial charge in [-0.05, 0) is 53.6 Å². The first-order chi connectivity index (χ1) is 16.4. The fraction of sp³-hybridized carbons (Fsp3) is 0.154. The van der Waals surface area contributed by atoms with E-state index in [2.05, 4.69) is 15.9 Å². The second kappa shape index (κ2) is 8.61. The highest BCUT2D eigenvalue weighted by Crippen LogP contribution is 2.41. The SMILES string of the molecule is COc1ccc(C2c3c(oc4ccc(Br)cc4c3=O)C(=O)N2Cc2ccc(F)cc2)cc1OC. The van der Waals surface area contributed by atoms with Crippen molar-refractivity contribution in [2.24, 2.45) is 0 Å². The van der Waals surface area contributed by atoms with Gasteiger partial charge in [-0.25, -0.2) is 4.39 Å². The summed E-state index contributed by atoms with van der Waals surface area (Å²) in [6.45, 7) is 0.155. The van der Waals surface area contributed by atoms with Gasteiger partial charge >= 0.3 is 0 Å². The molecule has 0 fully saturated rings. The third-order valence-electron chi connectivity index (χ3n) is 5.92. The molecule has 34 heavy (non-hydrogen) atoms. The van der Waals surface area contributed by atoms with Gasteiger partial charge in [0, 0.05) is 11.0 Å². The smallest absolute Gasteiger partial charge is 0.291 e. The Morgan fingerprint density at radius 3 is 2.41 bits per heavy atom. The second-order valence-electron chi connectivity index (χ2n) is 7.89. The van der Waals surface area contributed by atoms with Crippen molar-refractivity contribution in [3.05, 3.63) is 104 Å². The maximum Gasteiger partial charge on any atom is 0.291 e. The zero-order chi connectivity index (χ0) is 24.0. The lowest BCUT2D eigenvalue weighted by atomic mass is 9.97. The number of carbonyl (C=O) groups excluding carboxylic acids is 1. The molecule has 6 nitrogen and oxygen atoms in total. The zero-order valence-electron chi connectivity index (χ0n) is 18.3. The van der Waals surface area contributed by atoms with Gasteiger partial charge in [0.05, 0.1) is 31.2 Å². The average molecular weight is 524 g/mol. The number of amides is 1. The van der Waals surface area contributed by atoms with E-state index in [0.717, 1.165) is 4.47 Å². The molecule has 2 heterocycles. The number of carbonyl (C=O) groups is 1. The Labute approximate surface area is 202 Å². The van der Waals surface area contributed by atoms with Gasteiger partial charge in [0.25, 0.3) is 5.91 Å². The van der Waals surface area contributed by atoms with E-state index in [9.17, 15) is 14.0 Å². The van der Waals surface area contributed by atoms with Crippen LogP contribution >= 0.6 is 15.9 Å². The summed E-state index contributed by atoms with van der Waals surface area (Å²) in [6, 6.07) is 15.5. The number of rotatable bonds is 5. The van der Waals surface area contributed by atoms with Crippen molar-refractivity contribution in [1.82, 2.24) is 4.90 Å². The fourth-order valence-corrected chi connectivity index (χ4v) is 4.67. The molecule has 1 unspecified atom stereocenters. The van der Waals surface area contributed by atoms with E-state index < -0.39 is 11.9 Å². The molecule has 8 heteroatoms. The monoisotopic (exact) mass is 523 g/mol. The molecule has 1 amide bonds. The number of ether oxygens (including phenoxy) is 2. The molecule has 1 aromatic heterocycles. The van der Waals surface area contributed by atoms with Crippen LogP contribution in [-0.4, -0.2) is 25.0 Å². The molecular weight excluding hydrogens is 505 g/mol. The van der Waals surface area contributed by atoms with Gasteiger partial charge in [0.15, 0.2) is 16.9 Å². The Morgan fingerprint density at radius 1 is 0.971 bits per heavy atom. The lowest BCUT2D eigenvalue weighted by Gasteiger charge is -2.26. The van der Waals surface area contributed by atoms with Crippen molar-refractivity contribution in [2.45, 2.75) is 12.6 Å². The number of nitrogens with zero attached hydrogens (tertiary/aromatic N) is 1. The van der Waals surface area contributed by atoms with Crippen LogP contribution in [0.4, 0.5) is 4.39 Å². The van der Waals surface area contributed by atoms with Crippen molar-refractivity contribution in [3.63, 3.8) is 0 Å². The average Bonchev–Trinajstić information content (AvgIpc) is 3.12. The zero-order valence-corrected chi connectivity index (χ0v) is 19.9. The Kier molecular flexibility index (Phi) is 5.61. The summed E-state index contributed by atoms with van der Waals surface area (Å²) in [4.78, 5) is 28.8. The van der Waals surface area contributed by atoms with E-state index in [1.807, 2.05) is 0 Å². The second-order valence-corrected chi connectivity index (χ2v) is 8.81. The molecule has 1 aliphatic rings. The van der Waals surface area contributed by atoms with Crippen LogP contribution in [0.3, 0.4) is 0 Å². The van der Waals surface area contributed by atoms with Crippen molar-refractivity contribution in [2.75, 3.05) is 14.2 Å². The number of hydrogen-bond donors (Lipinski definition) is 0. The van der Waals surface area contributed by atoms with Gasteiger partial charge in [-0.15, -0.1) is 0 Å². The summed E-state index contributed by atoms with van der Waals surface area (Å²) in [5.74, 6) is 0.207. The maximum atomic E-state index is 13.7. The van der Waals surface area contributed by atoms with E-state index in [1.165, 1.54) is 26.4 Å². The molecule has 0 radical (unpaired) electrons. The fourth-order valence-electron chi connectivity index (χ4n) is 4.31. The Bertz CT molecular complexity index is 1480. The number of benzene rings is 3. The van der Waals surface area contributed by atoms with Crippen LogP contribution in [0, 0.1) is 5.82 Å². The number of fused-ring (bicyclic) bond motifs is 2. The quantitative estimate of drug-likeness (QED) is 0.347. The van der Waals surface area contributed by atoms with Gasteiger partial charge in [0.1, 0.15) is 11.4 Å². The van der Waals surface area contributed by atoms with Gasteiger partial charge < -0.3 is 18.8 Å². The first kappa shape index (κ1) is 22.2. The van der Waals surface area contributed by atoms with E-state index in [0.29, 0.717) is 33.6 Å². The number of methoxy groups -OCH3 is 2. The summed E-state index contributed by atoms with van der Waals surface area (Å²) in [6.07, 6.45) is 0. The third kappa shape index (κ3) is 3.64. The molecule has 172 valence electrons. The largest absolute Gasteiger partial charge is 0.493 e. The van der Waals surface area contributed by atoms with Crippen LogP contribution in [0.25, 0.3) is 11.0 Å². The van der Waals surface area contributed by atoms with Crippen LogP contribution < -0.4 is 14.9 Å². The summed E-state index contributed by atoms with van der Waals surface area (Å²) in [5.41, 5.74) is 1.67. The predicted molar refractivity (Wildman–Crippen MR) is 128 cm³/mol. The highest BCUT2D eigenvalue weighted by molar-refractivity contribution is 9.10. The predicted octanol–water partition coefficient (Wildman–Crippen LogP) is 5.46. The molecule has 0 saturated heterocycles. The van der Waals surface area contributed by atoms with Crippen LogP contribution in [0.1, 0.15) is 33.3 Å². The van der Waals surface area contributed by atoms with Gasteiger partial charge in [0.2, 0.25) is 5.76 Å². The molecule has 1 aliphatic heterocycles. The minimum absolute atomic E-state index is 0.00159. The standard InChI is InChI=1S/C26H19BrFNO5/c1-32-20-9-5-15(11-21(20)33-2)23-22-24(30)18-12-16(27)6-10-19(18)34-25(22)26(31)29(23)13-14-3-7-17(28)8-4-14/h3-12,23H,13H2,1-2H3. The molecule has 4 aromatic rings. The molecule has 5 rings (SSSR count). The number of halogens is 2. The highest BCUT2D eigenvalue weighted by Gasteiger charge is 2.43. The molecule has 0 N–H and O–H groups in total. The lowest BCUT2D eigenvalue weighted by Crippen LogP contribution is -2.29. The van der Waals surface area contributed by atoms with Gasteiger partial charge in [-0.2, -0.15) is 0 Å². The minimum atomic E-state index is -0.730. The first-order valence-electron chi connectivity index (χ1n) is 10.4. The van der Waals surface area contributed by atoms with E-state index in [1.54, 1.807) is 53.4 Å². The normalized spacial score (nSPS) is 15.0. The molecular formula is C26H19BrFNO5. The maximum absolute atomic E-state index is 13.7. The summed E-state index contributed by atoms with van der Waals surface area (Å²) in [5, 5.41) is 0.370. The topological polar surface area (TPSA) is 69.0 Å². The van der Waals surface area contributed by atoms with Crippen LogP contribution in [0.15, 0.2) is 74.3 Å². The molecule has 1 atom stereocenters. The molecule has 3 aromatic carbocycles. The van der Waals surface area contributed by atoms with Crippen LogP contribution in [0.2, 0.25) is 0 Å². The Hall–Kier alpha value is -3.65. The summed E-state index contributed by atoms with van der Waals surface area (Å²) >= 11 is 3.40. The molecule has 0 saturated carbocycles. The summed E-state index contributed by atoms with van der Waals surface area (Å²) < 4.78 is 31.0.